The zero-order valence-electron chi connectivity index (χ0n) is 12.4. The predicted octanol–water partition coefficient (Wildman–Crippen LogP) is 3.55. The minimum Gasteiger partial charge on any atom is -0.481 e. The van der Waals surface area contributed by atoms with Crippen molar-refractivity contribution in [1.82, 2.24) is 4.90 Å². The standard InChI is InChI=1S/C15H20ClNO4/c1-15(2,3)21-14(20)17(9-8-13(18)19)10-11-4-6-12(16)7-5-11/h4-7H,8-10H2,1-3H3,(H,18,19). The van der Waals surface area contributed by atoms with Crippen LogP contribution in [0.2, 0.25) is 5.02 Å². The Morgan fingerprint density at radius 3 is 2.29 bits per heavy atom. The maximum atomic E-state index is 12.1. The Morgan fingerprint density at radius 1 is 1.24 bits per heavy atom. The average Bonchev–Trinajstić information content (AvgIpc) is 2.34. The topological polar surface area (TPSA) is 66.8 Å². The second-order valence-electron chi connectivity index (χ2n) is 5.67. The summed E-state index contributed by atoms with van der Waals surface area (Å²) in [5.41, 5.74) is 0.231. The fourth-order valence-electron chi connectivity index (χ4n) is 1.60. The van der Waals surface area contributed by atoms with Crippen molar-refractivity contribution < 1.29 is 19.4 Å². The Hall–Kier alpha value is -1.75. The molecule has 0 aliphatic heterocycles. The lowest BCUT2D eigenvalue weighted by atomic mass is 10.2. The molecule has 1 rings (SSSR count). The van der Waals surface area contributed by atoms with E-state index in [1.165, 1.54) is 4.90 Å². The number of aliphatic carboxylic acids is 1. The molecule has 1 amide bonds. The lowest BCUT2D eigenvalue weighted by Gasteiger charge is -2.27. The van der Waals surface area contributed by atoms with Crippen molar-refractivity contribution in [3.8, 4) is 0 Å². The summed E-state index contributed by atoms with van der Waals surface area (Å²) in [7, 11) is 0. The van der Waals surface area contributed by atoms with Crippen molar-refractivity contribution in [2.24, 2.45) is 0 Å². The van der Waals surface area contributed by atoms with Crippen molar-refractivity contribution in [3.05, 3.63) is 34.9 Å². The van der Waals surface area contributed by atoms with Crippen LogP contribution in [-0.2, 0) is 16.1 Å². The zero-order chi connectivity index (χ0) is 16.0. The highest BCUT2D eigenvalue weighted by Crippen LogP contribution is 2.15. The maximum Gasteiger partial charge on any atom is 0.410 e. The summed E-state index contributed by atoms with van der Waals surface area (Å²) in [6.45, 7) is 5.67. The van der Waals surface area contributed by atoms with Crippen LogP contribution in [-0.4, -0.2) is 34.2 Å². The molecule has 0 radical (unpaired) electrons. The van der Waals surface area contributed by atoms with Gasteiger partial charge < -0.3 is 14.7 Å². The van der Waals surface area contributed by atoms with E-state index in [1.807, 2.05) is 0 Å². The maximum absolute atomic E-state index is 12.1. The molecule has 0 saturated carbocycles. The van der Waals surface area contributed by atoms with Gasteiger partial charge in [-0.15, -0.1) is 0 Å². The summed E-state index contributed by atoms with van der Waals surface area (Å²) in [4.78, 5) is 24.2. The van der Waals surface area contributed by atoms with Crippen LogP contribution in [0.15, 0.2) is 24.3 Å². The zero-order valence-corrected chi connectivity index (χ0v) is 13.2. The van der Waals surface area contributed by atoms with Crippen molar-refractivity contribution >= 4 is 23.7 Å². The number of carboxylic acids is 1. The fraction of sp³-hybridized carbons (Fsp3) is 0.467. The van der Waals surface area contributed by atoms with Crippen LogP contribution in [0.4, 0.5) is 4.79 Å². The molecule has 0 spiro atoms. The van der Waals surface area contributed by atoms with Crippen molar-refractivity contribution in [2.45, 2.75) is 39.3 Å². The molecule has 0 heterocycles. The van der Waals surface area contributed by atoms with E-state index in [4.69, 9.17) is 21.4 Å². The molecule has 0 unspecified atom stereocenters. The first-order valence-electron chi connectivity index (χ1n) is 6.61. The first kappa shape index (κ1) is 17.3. The predicted molar refractivity (Wildman–Crippen MR) is 80.3 cm³/mol. The average molecular weight is 314 g/mol. The van der Waals surface area contributed by atoms with Crippen LogP contribution in [0.3, 0.4) is 0 Å². The number of benzene rings is 1. The van der Waals surface area contributed by atoms with Crippen LogP contribution in [0.5, 0.6) is 0 Å². The van der Waals surface area contributed by atoms with Gasteiger partial charge in [-0.3, -0.25) is 4.79 Å². The number of carbonyl (C=O) groups excluding carboxylic acids is 1. The molecule has 1 aromatic rings. The van der Waals surface area contributed by atoms with E-state index in [0.717, 1.165) is 5.56 Å². The number of rotatable bonds is 5. The monoisotopic (exact) mass is 313 g/mol. The van der Waals surface area contributed by atoms with Crippen LogP contribution in [0.25, 0.3) is 0 Å². The second-order valence-corrected chi connectivity index (χ2v) is 6.11. The molecule has 1 aromatic carbocycles. The third-order valence-electron chi connectivity index (χ3n) is 2.53. The minimum absolute atomic E-state index is 0.0902. The van der Waals surface area contributed by atoms with Gasteiger partial charge in [-0.05, 0) is 38.5 Å². The quantitative estimate of drug-likeness (QED) is 0.902. The van der Waals surface area contributed by atoms with E-state index in [-0.39, 0.29) is 19.5 Å². The summed E-state index contributed by atoms with van der Waals surface area (Å²) in [6.07, 6.45) is -0.661. The number of halogens is 1. The number of ether oxygens (including phenoxy) is 1. The second kappa shape index (κ2) is 7.31. The molecular formula is C15H20ClNO4. The molecular weight excluding hydrogens is 294 g/mol. The van der Waals surface area contributed by atoms with Crippen LogP contribution in [0.1, 0.15) is 32.8 Å². The van der Waals surface area contributed by atoms with Crippen molar-refractivity contribution in [3.63, 3.8) is 0 Å². The first-order chi connectivity index (χ1) is 9.67. The smallest absolute Gasteiger partial charge is 0.410 e. The van der Waals surface area contributed by atoms with E-state index in [2.05, 4.69) is 0 Å². The Bertz CT molecular complexity index is 493. The molecule has 5 nitrogen and oxygen atoms in total. The number of carbonyl (C=O) groups is 2. The van der Waals surface area contributed by atoms with Gasteiger partial charge in [0.2, 0.25) is 0 Å². The third kappa shape index (κ3) is 6.99. The molecule has 0 fully saturated rings. The van der Waals surface area contributed by atoms with Crippen LogP contribution in [0, 0.1) is 0 Å². The van der Waals surface area contributed by atoms with Gasteiger partial charge in [0.15, 0.2) is 0 Å². The Balaban J connectivity index is 2.78. The normalized spacial score (nSPS) is 11.0. The number of nitrogens with zero attached hydrogens (tertiary/aromatic N) is 1. The highest BCUT2D eigenvalue weighted by atomic mass is 35.5. The molecule has 1 N–H and O–H groups in total. The Kier molecular flexibility index (Phi) is 6.03. The van der Waals surface area contributed by atoms with Gasteiger partial charge in [0, 0.05) is 18.1 Å². The summed E-state index contributed by atoms with van der Waals surface area (Å²) < 4.78 is 5.30. The van der Waals surface area contributed by atoms with Gasteiger partial charge in [-0.1, -0.05) is 23.7 Å². The van der Waals surface area contributed by atoms with Gasteiger partial charge in [0.1, 0.15) is 5.60 Å². The molecule has 6 heteroatoms. The van der Waals surface area contributed by atoms with Crippen molar-refractivity contribution in [1.29, 1.82) is 0 Å². The molecule has 0 atom stereocenters. The van der Waals surface area contributed by atoms with E-state index >= 15 is 0 Å². The summed E-state index contributed by atoms with van der Waals surface area (Å²) in [5, 5.41) is 9.39. The molecule has 0 aliphatic carbocycles. The van der Waals surface area contributed by atoms with E-state index in [1.54, 1.807) is 45.0 Å². The van der Waals surface area contributed by atoms with Gasteiger partial charge in [0.25, 0.3) is 0 Å². The van der Waals surface area contributed by atoms with Gasteiger partial charge in [-0.25, -0.2) is 4.79 Å². The van der Waals surface area contributed by atoms with Gasteiger partial charge >= 0.3 is 12.1 Å². The highest BCUT2D eigenvalue weighted by molar-refractivity contribution is 6.30. The van der Waals surface area contributed by atoms with E-state index in [0.29, 0.717) is 5.02 Å². The first-order valence-corrected chi connectivity index (χ1v) is 6.99. The van der Waals surface area contributed by atoms with Crippen molar-refractivity contribution in [2.75, 3.05) is 6.54 Å². The SMILES string of the molecule is CC(C)(C)OC(=O)N(CCC(=O)O)Cc1ccc(Cl)cc1. The summed E-state index contributed by atoms with van der Waals surface area (Å²) in [5.74, 6) is -0.959. The third-order valence-corrected chi connectivity index (χ3v) is 2.79. The lowest BCUT2D eigenvalue weighted by Crippen LogP contribution is -2.37. The van der Waals surface area contributed by atoms with E-state index in [9.17, 15) is 9.59 Å². The lowest BCUT2D eigenvalue weighted by molar-refractivity contribution is -0.137. The highest BCUT2D eigenvalue weighted by Gasteiger charge is 2.22. The largest absolute Gasteiger partial charge is 0.481 e. The van der Waals surface area contributed by atoms with Gasteiger partial charge in [0.05, 0.1) is 6.42 Å². The summed E-state index contributed by atoms with van der Waals surface area (Å²) in [6, 6.07) is 7.03. The van der Waals surface area contributed by atoms with E-state index < -0.39 is 17.7 Å². The molecule has 0 bridgehead atoms. The minimum atomic E-state index is -0.959. The fourth-order valence-corrected chi connectivity index (χ4v) is 1.73. The number of hydrogen-bond donors (Lipinski definition) is 1. The molecule has 0 saturated heterocycles. The molecule has 0 aliphatic rings. The Labute approximate surface area is 129 Å². The number of hydrogen-bond acceptors (Lipinski definition) is 3. The van der Waals surface area contributed by atoms with Gasteiger partial charge in [-0.2, -0.15) is 0 Å². The molecule has 21 heavy (non-hydrogen) atoms. The summed E-state index contributed by atoms with van der Waals surface area (Å²) >= 11 is 5.82. The molecule has 116 valence electrons. The number of carboxylic acid groups (broad SMARTS) is 1. The number of amides is 1. The van der Waals surface area contributed by atoms with Crippen LogP contribution < -0.4 is 0 Å². The Morgan fingerprint density at radius 2 is 1.81 bits per heavy atom. The van der Waals surface area contributed by atoms with Crippen LogP contribution >= 0.6 is 11.6 Å². The molecule has 0 aromatic heterocycles.